The van der Waals surface area contributed by atoms with Crippen molar-refractivity contribution in [1.82, 2.24) is 10.0 Å². The van der Waals surface area contributed by atoms with Gasteiger partial charge in [-0.2, -0.15) is 0 Å². The Morgan fingerprint density at radius 3 is 2.28 bits per heavy atom. The molecule has 0 heterocycles. The number of alkyl carbamates (subject to hydrolysis) is 1. The number of rotatable bonds is 8. The molecule has 6 nitrogen and oxygen atoms in total. The largest absolute Gasteiger partial charge is 0.444 e. The molecule has 142 valence electrons. The highest BCUT2D eigenvalue weighted by molar-refractivity contribution is 7.88. The normalized spacial score (nSPS) is 13.5. The molecule has 25 heavy (non-hydrogen) atoms. The Labute approximate surface area is 151 Å². The monoisotopic (exact) mass is 370 g/mol. The van der Waals surface area contributed by atoms with Crippen LogP contribution >= 0.6 is 0 Å². The zero-order valence-electron chi connectivity index (χ0n) is 15.7. The Balaban J connectivity index is 2.64. The first-order valence-corrected chi connectivity index (χ1v) is 10.1. The molecule has 1 atom stereocenters. The molecule has 0 aliphatic carbocycles. The highest BCUT2D eigenvalue weighted by Crippen LogP contribution is 2.10. The van der Waals surface area contributed by atoms with Gasteiger partial charge in [0.05, 0.1) is 5.75 Å². The standard InChI is InChI=1S/C18H30N2O4S/c1-14(2)11-16(20-17(21)24-18(3,4)5)12-19-25(22,23)13-15-9-7-6-8-10-15/h6-10,14,16,19H,11-13H2,1-5H3,(H,20,21)/t16-/m0/s1. The molecule has 7 heteroatoms. The fourth-order valence-electron chi connectivity index (χ4n) is 2.31. The Morgan fingerprint density at radius 2 is 1.76 bits per heavy atom. The minimum Gasteiger partial charge on any atom is -0.444 e. The summed E-state index contributed by atoms with van der Waals surface area (Å²) in [7, 11) is -3.48. The highest BCUT2D eigenvalue weighted by Gasteiger charge is 2.22. The van der Waals surface area contributed by atoms with Crippen molar-refractivity contribution in [1.29, 1.82) is 0 Å². The van der Waals surface area contributed by atoms with Crippen LogP contribution in [0.15, 0.2) is 30.3 Å². The number of amides is 1. The van der Waals surface area contributed by atoms with Gasteiger partial charge in [-0.15, -0.1) is 0 Å². The molecule has 1 aromatic carbocycles. The lowest BCUT2D eigenvalue weighted by Gasteiger charge is -2.24. The summed E-state index contributed by atoms with van der Waals surface area (Å²) in [6.07, 6.45) is 0.105. The van der Waals surface area contributed by atoms with Gasteiger partial charge in [0.2, 0.25) is 10.0 Å². The second-order valence-corrected chi connectivity index (χ2v) is 9.37. The number of carbonyl (C=O) groups is 1. The van der Waals surface area contributed by atoms with Crippen LogP contribution in [0.1, 0.15) is 46.6 Å². The van der Waals surface area contributed by atoms with Crippen LogP contribution in [0.4, 0.5) is 4.79 Å². The molecule has 0 radical (unpaired) electrons. The van der Waals surface area contributed by atoms with E-state index in [-0.39, 0.29) is 18.3 Å². The van der Waals surface area contributed by atoms with Crippen LogP contribution in [-0.4, -0.2) is 32.7 Å². The molecule has 0 aliphatic heterocycles. The zero-order valence-corrected chi connectivity index (χ0v) is 16.5. The van der Waals surface area contributed by atoms with Crippen molar-refractivity contribution in [3.05, 3.63) is 35.9 Å². The maximum atomic E-state index is 12.2. The van der Waals surface area contributed by atoms with Gasteiger partial charge in [0.25, 0.3) is 0 Å². The second kappa shape index (κ2) is 9.20. The van der Waals surface area contributed by atoms with Crippen molar-refractivity contribution in [2.45, 2.75) is 58.4 Å². The van der Waals surface area contributed by atoms with E-state index in [2.05, 4.69) is 10.0 Å². The molecule has 0 saturated heterocycles. The van der Waals surface area contributed by atoms with E-state index in [4.69, 9.17) is 4.74 Å². The summed E-state index contributed by atoms with van der Waals surface area (Å²) in [4.78, 5) is 12.0. The molecule has 0 bridgehead atoms. The van der Waals surface area contributed by atoms with Crippen LogP contribution in [0.5, 0.6) is 0 Å². The first-order chi connectivity index (χ1) is 11.5. The third-order valence-electron chi connectivity index (χ3n) is 3.23. The fraction of sp³-hybridized carbons (Fsp3) is 0.611. The van der Waals surface area contributed by atoms with Crippen LogP contribution in [0.2, 0.25) is 0 Å². The first kappa shape index (κ1) is 21.4. The number of ether oxygens (including phenoxy) is 1. The maximum absolute atomic E-state index is 12.2. The third kappa shape index (κ3) is 10.1. The molecule has 0 aromatic heterocycles. The van der Waals surface area contributed by atoms with E-state index in [0.29, 0.717) is 12.3 Å². The van der Waals surface area contributed by atoms with Crippen molar-refractivity contribution < 1.29 is 17.9 Å². The van der Waals surface area contributed by atoms with Crippen molar-refractivity contribution in [2.24, 2.45) is 5.92 Å². The van der Waals surface area contributed by atoms with Crippen LogP contribution in [0, 0.1) is 5.92 Å². The van der Waals surface area contributed by atoms with Crippen LogP contribution in [-0.2, 0) is 20.5 Å². The number of carbonyl (C=O) groups excluding carboxylic acids is 1. The molecule has 0 unspecified atom stereocenters. The Morgan fingerprint density at radius 1 is 1.16 bits per heavy atom. The average molecular weight is 371 g/mol. The lowest BCUT2D eigenvalue weighted by molar-refractivity contribution is 0.0499. The van der Waals surface area contributed by atoms with E-state index in [1.165, 1.54) is 0 Å². The lowest BCUT2D eigenvalue weighted by atomic mass is 10.0. The van der Waals surface area contributed by atoms with Crippen molar-refractivity contribution in [3.8, 4) is 0 Å². The van der Waals surface area contributed by atoms with Gasteiger partial charge >= 0.3 is 6.09 Å². The summed E-state index contributed by atoms with van der Waals surface area (Å²) in [6, 6.07) is 8.65. The number of sulfonamides is 1. The quantitative estimate of drug-likeness (QED) is 0.736. The van der Waals surface area contributed by atoms with E-state index in [1.54, 1.807) is 45.0 Å². The van der Waals surface area contributed by atoms with Gasteiger partial charge in [-0.1, -0.05) is 44.2 Å². The van der Waals surface area contributed by atoms with Crippen molar-refractivity contribution in [2.75, 3.05) is 6.54 Å². The fourth-order valence-corrected chi connectivity index (χ4v) is 3.50. The number of hydrogen-bond acceptors (Lipinski definition) is 4. The predicted octanol–water partition coefficient (Wildman–Crippen LogP) is 3.05. The van der Waals surface area contributed by atoms with Gasteiger partial charge in [-0.3, -0.25) is 0 Å². The topological polar surface area (TPSA) is 84.5 Å². The summed E-state index contributed by atoms with van der Waals surface area (Å²) in [6.45, 7) is 9.52. The number of hydrogen-bond donors (Lipinski definition) is 2. The molecule has 2 N–H and O–H groups in total. The predicted molar refractivity (Wildman–Crippen MR) is 99.7 cm³/mol. The molecular formula is C18H30N2O4S. The molecule has 1 aromatic rings. The van der Waals surface area contributed by atoms with Gasteiger partial charge in [0.1, 0.15) is 5.60 Å². The Hall–Kier alpha value is -1.60. The smallest absolute Gasteiger partial charge is 0.407 e. The summed E-state index contributed by atoms with van der Waals surface area (Å²) in [5.41, 5.74) is 0.120. The molecular weight excluding hydrogens is 340 g/mol. The van der Waals surface area contributed by atoms with E-state index in [0.717, 1.165) is 5.56 Å². The van der Waals surface area contributed by atoms with Crippen LogP contribution < -0.4 is 10.0 Å². The summed E-state index contributed by atoms with van der Waals surface area (Å²) in [5.74, 6) is 0.216. The minimum atomic E-state index is -3.48. The van der Waals surface area contributed by atoms with E-state index in [9.17, 15) is 13.2 Å². The van der Waals surface area contributed by atoms with Crippen LogP contribution in [0.25, 0.3) is 0 Å². The lowest BCUT2D eigenvalue weighted by Crippen LogP contribution is -2.46. The molecule has 1 rings (SSSR count). The van der Waals surface area contributed by atoms with Gasteiger partial charge in [0, 0.05) is 12.6 Å². The Bertz CT molecular complexity index is 637. The van der Waals surface area contributed by atoms with Gasteiger partial charge in [-0.25, -0.2) is 17.9 Å². The van der Waals surface area contributed by atoms with Gasteiger partial charge in [0.15, 0.2) is 0 Å². The van der Waals surface area contributed by atoms with Gasteiger partial charge < -0.3 is 10.1 Å². The SMILES string of the molecule is CC(C)C[C@@H](CNS(=O)(=O)Cc1ccccc1)NC(=O)OC(C)(C)C. The van der Waals surface area contributed by atoms with E-state index < -0.39 is 21.7 Å². The average Bonchev–Trinajstić information content (AvgIpc) is 2.43. The molecule has 0 saturated carbocycles. The molecule has 0 fully saturated rings. The van der Waals surface area contributed by atoms with Crippen molar-refractivity contribution >= 4 is 16.1 Å². The minimum absolute atomic E-state index is 0.0886. The summed E-state index contributed by atoms with van der Waals surface area (Å²) >= 11 is 0. The van der Waals surface area contributed by atoms with Crippen LogP contribution in [0.3, 0.4) is 0 Å². The van der Waals surface area contributed by atoms with Gasteiger partial charge in [-0.05, 0) is 38.7 Å². The van der Waals surface area contributed by atoms with E-state index in [1.807, 2.05) is 19.9 Å². The maximum Gasteiger partial charge on any atom is 0.407 e. The second-order valence-electron chi connectivity index (χ2n) is 7.57. The third-order valence-corrected chi connectivity index (χ3v) is 4.55. The summed E-state index contributed by atoms with van der Waals surface area (Å²) in [5, 5.41) is 2.75. The first-order valence-electron chi connectivity index (χ1n) is 8.47. The molecule has 0 spiro atoms. The number of benzene rings is 1. The molecule has 0 aliphatic rings. The zero-order chi connectivity index (χ0) is 19.1. The number of nitrogens with one attached hydrogen (secondary N) is 2. The molecule has 1 amide bonds. The Kier molecular flexibility index (Phi) is 7.89. The van der Waals surface area contributed by atoms with E-state index >= 15 is 0 Å². The van der Waals surface area contributed by atoms with Crippen molar-refractivity contribution in [3.63, 3.8) is 0 Å². The summed E-state index contributed by atoms with van der Waals surface area (Å²) < 4.78 is 32.3. The highest BCUT2D eigenvalue weighted by atomic mass is 32.2.